The number of ether oxygens (including phenoxy) is 1. The normalized spacial score (nSPS) is 17.8. The number of anilines is 1. The number of ketones is 1. The fourth-order valence-corrected chi connectivity index (χ4v) is 3.74. The van der Waals surface area contributed by atoms with E-state index in [0.717, 1.165) is 11.1 Å². The maximum Gasteiger partial charge on any atom is 0.300 e. The van der Waals surface area contributed by atoms with Crippen molar-refractivity contribution in [3.8, 4) is 5.75 Å². The van der Waals surface area contributed by atoms with Crippen molar-refractivity contribution in [2.45, 2.75) is 19.9 Å². The Hall–Kier alpha value is -3.93. The van der Waals surface area contributed by atoms with E-state index in [-0.39, 0.29) is 11.3 Å². The fourth-order valence-electron chi connectivity index (χ4n) is 3.74. The highest BCUT2D eigenvalue weighted by atomic mass is 16.5. The average Bonchev–Trinajstić information content (AvgIpc) is 3.06. The number of methoxy groups -OCH3 is 1. The lowest BCUT2D eigenvalue weighted by Gasteiger charge is -2.26. The van der Waals surface area contributed by atoms with Gasteiger partial charge < -0.3 is 9.84 Å². The second-order valence-electron chi connectivity index (χ2n) is 7.45. The summed E-state index contributed by atoms with van der Waals surface area (Å²) in [6.07, 6.45) is 3.05. The van der Waals surface area contributed by atoms with E-state index in [1.54, 1.807) is 43.5 Å². The lowest BCUT2D eigenvalue weighted by Crippen LogP contribution is -2.29. The van der Waals surface area contributed by atoms with Crippen molar-refractivity contribution in [2.24, 2.45) is 0 Å². The molecule has 1 aliphatic rings. The van der Waals surface area contributed by atoms with Crippen LogP contribution in [0.2, 0.25) is 0 Å². The molecule has 1 aliphatic heterocycles. The molecule has 1 fully saturated rings. The van der Waals surface area contributed by atoms with E-state index < -0.39 is 17.7 Å². The molecule has 1 unspecified atom stereocenters. The minimum Gasteiger partial charge on any atom is -0.507 e. The Kier molecular flexibility index (Phi) is 5.29. The molecule has 6 heteroatoms. The van der Waals surface area contributed by atoms with Crippen molar-refractivity contribution in [3.05, 3.63) is 94.8 Å². The van der Waals surface area contributed by atoms with Crippen LogP contribution in [0.5, 0.6) is 5.75 Å². The minimum atomic E-state index is -0.777. The summed E-state index contributed by atoms with van der Waals surface area (Å²) in [7, 11) is 1.57. The topological polar surface area (TPSA) is 79.7 Å². The van der Waals surface area contributed by atoms with Gasteiger partial charge >= 0.3 is 0 Å². The molecule has 0 aliphatic carbocycles. The Morgan fingerprint density at radius 2 is 1.65 bits per heavy atom. The molecule has 1 atom stereocenters. The second-order valence-corrected chi connectivity index (χ2v) is 7.45. The number of aliphatic hydroxyl groups excluding tert-OH is 1. The zero-order valence-electron chi connectivity index (χ0n) is 17.5. The number of benzene rings is 2. The number of aryl methyl sites for hydroxylation is 2. The van der Waals surface area contributed by atoms with E-state index >= 15 is 0 Å². The number of aromatic nitrogens is 1. The van der Waals surface area contributed by atoms with E-state index in [4.69, 9.17) is 4.74 Å². The number of rotatable bonds is 4. The van der Waals surface area contributed by atoms with Crippen LogP contribution in [-0.4, -0.2) is 28.9 Å². The first-order valence-corrected chi connectivity index (χ1v) is 9.85. The number of carbonyl (C=O) groups is 2. The van der Waals surface area contributed by atoms with Crippen LogP contribution in [0.25, 0.3) is 5.76 Å². The van der Waals surface area contributed by atoms with Gasteiger partial charge in [0.2, 0.25) is 0 Å². The summed E-state index contributed by atoms with van der Waals surface area (Å²) in [6.45, 7) is 3.94. The zero-order chi connectivity index (χ0) is 22.1. The molecule has 0 radical (unpaired) electrons. The standard InChI is InChI=1S/C25H22N2O4/c1-15-4-7-19(14-16(15)2)27-22(17-5-8-20(31-3)9-6-17)21(24(29)25(27)30)23(28)18-10-12-26-13-11-18/h4-14,22,28H,1-3H3/b23-21+. The first-order chi connectivity index (χ1) is 14.9. The number of pyridine rings is 1. The third-order valence-corrected chi connectivity index (χ3v) is 5.60. The van der Waals surface area contributed by atoms with Gasteiger partial charge in [-0.15, -0.1) is 0 Å². The van der Waals surface area contributed by atoms with Crippen LogP contribution in [0.3, 0.4) is 0 Å². The lowest BCUT2D eigenvalue weighted by atomic mass is 9.95. The molecule has 0 spiro atoms. The molecule has 1 aromatic heterocycles. The third kappa shape index (κ3) is 3.57. The number of hydrogen-bond acceptors (Lipinski definition) is 5. The van der Waals surface area contributed by atoms with Gasteiger partial charge in [0.25, 0.3) is 11.7 Å². The molecule has 1 N–H and O–H groups in total. The van der Waals surface area contributed by atoms with Crippen molar-refractivity contribution in [1.82, 2.24) is 4.98 Å². The van der Waals surface area contributed by atoms with Crippen molar-refractivity contribution in [3.63, 3.8) is 0 Å². The summed E-state index contributed by atoms with van der Waals surface area (Å²) in [4.78, 5) is 31.7. The lowest BCUT2D eigenvalue weighted by molar-refractivity contribution is -0.132. The molecule has 2 heterocycles. The van der Waals surface area contributed by atoms with Crippen molar-refractivity contribution in [1.29, 1.82) is 0 Å². The highest BCUT2D eigenvalue weighted by Gasteiger charge is 2.47. The number of nitrogens with zero attached hydrogens (tertiary/aromatic N) is 2. The van der Waals surface area contributed by atoms with Gasteiger partial charge in [-0.1, -0.05) is 18.2 Å². The molecule has 1 saturated heterocycles. The van der Waals surface area contributed by atoms with Crippen LogP contribution in [0.1, 0.15) is 28.3 Å². The minimum absolute atomic E-state index is 0.0413. The highest BCUT2D eigenvalue weighted by Crippen LogP contribution is 2.42. The predicted octanol–water partition coefficient (Wildman–Crippen LogP) is 4.33. The van der Waals surface area contributed by atoms with Gasteiger partial charge in [0, 0.05) is 23.6 Å². The van der Waals surface area contributed by atoms with Gasteiger partial charge in [-0.3, -0.25) is 19.5 Å². The number of hydrogen-bond donors (Lipinski definition) is 1. The second kappa shape index (κ2) is 8.07. The van der Waals surface area contributed by atoms with Gasteiger partial charge in [0.15, 0.2) is 0 Å². The number of amides is 1. The largest absolute Gasteiger partial charge is 0.507 e. The predicted molar refractivity (Wildman–Crippen MR) is 118 cm³/mol. The first kappa shape index (κ1) is 20.3. The quantitative estimate of drug-likeness (QED) is 0.390. The number of aliphatic hydroxyl groups is 1. The van der Waals surface area contributed by atoms with Crippen molar-refractivity contribution in [2.75, 3.05) is 12.0 Å². The van der Waals surface area contributed by atoms with E-state index in [1.807, 2.05) is 32.0 Å². The maximum absolute atomic E-state index is 13.1. The molecule has 156 valence electrons. The Balaban J connectivity index is 1.94. The van der Waals surface area contributed by atoms with E-state index in [2.05, 4.69) is 4.98 Å². The Labute approximate surface area is 180 Å². The van der Waals surface area contributed by atoms with Gasteiger partial charge in [-0.05, 0) is 66.9 Å². The molecule has 0 bridgehead atoms. The Morgan fingerprint density at radius 3 is 2.26 bits per heavy atom. The maximum atomic E-state index is 13.1. The molecular weight excluding hydrogens is 392 g/mol. The number of Topliss-reactive ketones (excluding diaryl/α,β-unsaturated/α-hetero) is 1. The SMILES string of the molecule is COc1ccc(C2/C(=C(\O)c3ccncc3)C(=O)C(=O)N2c2ccc(C)c(C)c2)cc1. The summed E-state index contributed by atoms with van der Waals surface area (Å²) in [5.74, 6) is -0.984. The van der Waals surface area contributed by atoms with Crippen LogP contribution < -0.4 is 9.64 Å². The summed E-state index contributed by atoms with van der Waals surface area (Å²) >= 11 is 0. The van der Waals surface area contributed by atoms with Crippen LogP contribution in [-0.2, 0) is 9.59 Å². The van der Waals surface area contributed by atoms with E-state index in [0.29, 0.717) is 22.6 Å². The average molecular weight is 414 g/mol. The molecule has 1 amide bonds. The van der Waals surface area contributed by atoms with Crippen LogP contribution in [0.4, 0.5) is 5.69 Å². The molecule has 31 heavy (non-hydrogen) atoms. The van der Waals surface area contributed by atoms with Gasteiger partial charge in [-0.2, -0.15) is 0 Å². The summed E-state index contributed by atoms with van der Waals surface area (Å²) in [5.41, 5.74) is 3.83. The summed E-state index contributed by atoms with van der Waals surface area (Å²) in [6, 6.07) is 15.2. The molecule has 3 aromatic rings. The fraction of sp³-hybridized carbons (Fsp3) is 0.160. The van der Waals surface area contributed by atoms with Crippen LogP contribution in [0.15, 0.2) is 72.6 Å². The van der Waals surface area contributed by atoms with E-state index in [9.17, 15) is 14.7 Å². The molecule has 4 rings (SSSR count). The molecular formula is C25H22N2O4. The smallest absolute Gasteiger partial charge is 0.300 e. The first-order valence-electron chi connectivity index (χ1n) is 9.85. The molecule has 6 nitrogen and oxygen atoms in total. The van der Waals surface area contributed by atoms with Crippen LogP contribution >= 0.6 is 0 Å². The molecule has 2 aromatic carbocycles. The van der Waals surface area contributed by atoms with Crippen molar-refractivity contribution >= 4 is 23.1 Å². The van der Waals surface area contributed by atoms with Gasteiger partial charge in [0.1, 0.15) is 11.5 Å². The zero-order valence-corrected chi connectivity index (χ0v) is 17.5. The monoisotopic (exact) mass is 414 g/mol. The van der Waals surface area contributed by atoms with Gasteiger partial charge in [0.05, 0.1) is 18.7 Å². The Morgan fingerprint density at radius 1 is 0.968 bits per heavy atom. The number of carbonyl (C=O) groups excluding carboxylic acids is 2. The van der Waals surface area contributed by atoms with Gasteiger partial charge in [-0.25, -0.2) is 0 Å². The highest BCUT2D eigenvalue weighted by molar-refractivity contribution is 6.51. The molecule has 0 saturated carbocycles. The summed E-state index contributed by atoms with van der Waals surface area (Å²) in [5, 5.41) is 11.0. The van der Waals surface area contributed by atoms with Crippen LogP contribution in [0, 0.1) is 13.8 Å². The third-order valence-electron chi connectivity index (χ3n) is 5.60. The van der Waals surface area contributed by atoms with Crippen molar-refractivity contribution < 1.29 is 19.4 Å². The van der Waals surface area contributed by atoms with E-state index in [1.165, 1.54) is 17.3 Å². The Bertz CT molecular complexity index is 1180. The summed E-state index contributed by atoms with van der Waals surface area (Å²) < 4.78 is 5.24.